The average molecular weight is 303 g/mol. The number of thioether (sulfide) groups is 1. The summed E-state index contributed by atoms with van der Waals surface area (Å²) in [4.78, 5) is 34.7. The summed E-state index contributed by atoms with van der Waals surface area (Å²) in [5.74, 6) is -1.28. The lowest BCUT2D eigenvalue weighted by Crippen LogP contribution is -2.49. The van der Waals surface area contributed by atoms with Crippen molar-refractivity contribution in [3.8, 4) is 0 Å². The summed E-state index contributed by atoms with van der Waals surface area (Å²) in [7, 11) is 0. The molecule has 0 spiro atoms. The first-order valence-corrected chi connectivity index (χ1v) is 6.67. The molecule has 0 radical (unpaired) electrons. The van der Waals surface area contributed by atoms with Gasteiger partial charge in [-0.15, -0.1) is 0 Å². The van der Waals surface area contributed by atoms with Gasteiger partial charge in [0.1, 0.15) is 11.6 Å². The van der Waals surface area contributed by atoms with E-state index in [0.717, 1.165) is 16.7 Å². The van der Waals surface area contributed by atoms with Crippen molar-refractivity contribution in [3.05, 3.63) is 11.1 Å². The molecule has 0 aliphatic carbocycles. The van der Waals surface area contributed by atoms with E-state index in [1.807, 2.05) is 0 Å². The maximum absolute atomic E-state index is 12.1. The number of carboxylic acids is 1. The lowest BCUT2D eigenvalue weighted by molar-refractivity contribution is -0.137. The Morgan fingerprint density at radius 1 is 1.60 bits per heavy atom. The number of rotatable bonds is 4. The van der Waals surface area contributed by atoms with Crippen LogP contribution in [0.5, 0.6) is 0 Å². The monoisotopic (exact) mass is 303 g/mol. The quantitative estimate of drug-likeness (QED) is 0.636. The zero-order valence-electron chi connectivity index (χ0n) is 11.3. The van der Waals surface area contributed by atoms with Crippen molar-refractivity contribution in [1.82, 2.24) is 10.2 Å². The molecule has 20 heavy (non-hydrogen) atoms. The molecule has 0 fully saturated rings. The van der Waals surface area contributed by atoms with E-state index in [-0.39, 0.29) is 5.70 Å². The van der Waals surface area contributed by atoms with Crippen molar-refractivity contribution >= 4 is 30.2 Å². The Hall–Kier alpha value is -1.74. The summed E-state index contributed by atoms with van der Waals surface area (Å²) in [6.07, 6.45) is -0.359. The van der Waals surface area contributed by atoms with E-state index < -0.39 is 29.2 Å². The van der Waals surface area contributed by atoms with E-state index in [1.54, 1.807) is 20.8 Å². The molecule has 2 amide bonds. The number of carboxylic acid groups (broad SMARTS) is 1. The molecule has 0 saturated heterocycles. The predicted molar refractivity (Wildman–Crippen MR) is 72.3 cm³/mol. The van der Waals surface area contributed by atoms with Crippen LogP contribution in [0.2, 0.25) is 0 Å². The molecule has 0 aromatic rings. The highest BCUT2D eigenvalue weighted by molar-refractivity contribution is 8.02. The molecule has 112 valence electrons. The van der Waals surface area contributed by atoms with Gasteiger partial charge in [-0.3, -0.25) is 9.59 Å². The first kappa shape index (κ1) is 16.3. The molecular weight excluding hydrogens is 286 g/mol. The zero-order valence-corrected chi connectivity index (χ0v) is 12.1. The van der Waals surface area contributed by atoms with Gasteiger partial charge in [0.2, 0.25) is 6.41 Å². The number of hydrogen-bond acceptors (Lipinski definition) is 6. The maximum atomic E-state index is 12.1. The first-order valence-electron chi connectivity index (χ1n) is 5.73. The molecule has 2 atom stereocenters. The molecule has 2 unspecified atom stereocenters. The third-order valence-corrected chi connectivity index (χ3v) is 3.20. The lowest BCUT2D eigenvalue weighted by atomic mass is 10.2. The van der Waals surface area contributed by atoms with E-state index in [0.29, 0.717) is 6.41 Å². The van der Waals surface area contributed by atoms with Gasteiger partial charge in [-0.05, 0) is 26.2 Å². The zero-order chi connectivity index (χ0) is 15.5. The number of nitrogens with two attached hydrogens (primary N) is 1. The van der Waals surface area contributed by atoms with Gasteiger partial charge in [0, 0.05) is 0 Å². The molecule has 4 N–H and O–H groups in total. The Morgan fingerprint density at radius 3 is 2.65 bits per heavy atom. The number of carbonyl (C=O) groups is 3. The Morgan fingerprint density at radius 2 is 2.20 bits per heavy atom. The third kappa shape index (κ3) is 3.87. The second-order valence-corrected chi connectivity index (χ2v) is 5.94. The summed E-state index contributed by atoms with van der Waals surface area (Å²) in [6, 6.07) is -1.38. The van der Waals surface area contributed by atoms with Crippen LogP contribution in [0.25, 0.3) is 0 Å². The second-order valence-electron chi connectivity index (χ2n) is 4.98. The van der Waals surface area contributed by atoms with Crippen molar-refractivity contribution in [2.24, 2.45) is 5.73 Å². The predicted octanol–water partition coefficient (Wildman–Crippen LogP) is 0.253. The van der Waals surface area contributed by atoms with E-state index in [1.165, 1.54) is 5.41 Å². The SMILES string of the molecule is CC(C)(C)OC(=O)N1C(C(N)C(=O)O)=CSC1NC=O. The molecule has 1 aliphatic heterocycles. The van der Waals surface area contributed by atoms with Gasteiger partial charge in [-0.1, -0.05) is 11.8 Å². The van der Waals surface area contributed by atoms with Crippen LogP contribution < -0.4 is 11.1 Å². The van der Waals surface area contributed by atoms with E-state index in [2.05, 4.69) is 5.32 Å². The van der Waals surface area contributed by atoms with Crippen molar-refractivity contribution in [2.75, 3.05) is 0 Å². The smallest absolute Gasteiger partial charge is 0.417 e. The van der Waals surface area contributed by atoms with E-state index >= 15 is 0 Å². The molecule has 1 aliphatic rings. The van der Waals surface area contributed by atoms with Crippen LogP contribution in [-0.4, -0.2) is 45.6 Å². The van der Waals surface area contributed by atoms with Gasteiger partial charge >= 0.3 is 12.1 Å². The van der Waals surface area contributed by atoms with Gasteiger partial charge in [0.25, 0.3) is 0 Å². The molecule has 8 nitrogen and oxygen atoms in total. The third-order valence-electron chi connectivity index (χ3n) is 2.22. The van der Waals surface area contributed by atoms with Crippen LogP contribution in [0, 0.1) is 0 Å². The minimum absolute atomic E-state index is 0.0658. The molecular formula is C11H17N3O5S. The van der Waals surface area contributed by atoms with Crippen molar-refractivity contribution in [3.63, 3.8) is 0 Å². The first-order chi connectivity index (χ1) is 9.17. The number of ether oxygens (including phenoxy) is 1. The number of carbonyl (C=O) groups excluding carboxylic acids is 2. The lowest BCUT2D eigenvalue weighted by Gasteiger charge is -2.30. The molecule has 1 rings (SSSR count). The van der Waals surface area contributed by atoms with Crippen molar-refractivity contribution in [1.29, 1.82) is 0 Å². The van der Waals surface area contributed by atoms with Gasteiger partial charge in [0.15, 0.2) is 5.50 Å². The highest BCUT2D eigenvalue weighted by atomic mass is 32.2. The molecule has 9 heteroatoms. The van der Waals surface area contributed by atoms with Crippen LogP contribution >= 0.6 is 11.8 Å². The summed E-state index contributed by atoms with van der Waals surface area (Å²) < 4.78 is 5.19. The number of nitrogens with one attached hydrogen (secondary N) is 1. The molecule has 0 aromatic carbocycles. The van der Waals surface area contributed by atoms with Crippen LogP contribution in [0.1, 0.15) is 20.8 Å². The maximum Gasteiger partial charge on any atom is 0.417 e. The fourth-order valence-corrected chi connectivity index (χ4v) is 2.41. The number of amides is 2. The van der Waals surface area contributed by atoms with Crippen LogP contribution in [0.15, 0.2) is 11.1 Å². The fourth-order valence-electron chi connectivity index (χ4n) is 1.42. The Balaban J connectivity index is 2.98. The van der Waals surface area contributed by atoms with Gasteiger partial charge in [-0.25, -0.2) is 9.69 Å². The Kier molecular flexibility index (Phi) is 5.01. The van der Waals surface area contributed by atoms with Crippen molar-refractivity contribution in [2.45, 2.75) is 37.9 Å². The topological polar surface area (TPSA) is 122 Å². The number of hydrogen-bond donors (Lipinski definition) is 3. The Labute approximate surface area is 120 Å². The number of nitrogens with zero attached hydrogens (tertiary/aromatic N) is 1. The van der Waals surface area contributed by atoms with Gasteiger partial charge in [0.05, 0.1) is 5.70 Å². The molecule has 1 heterocycles. The molecule has 0 bridgehead atoms. The minimum atomic E-state index is -1.38. The van der Waals surface area contributed by atoms with E-state index in [9.17, 15) is 14.4 Å². The van der Waals surface area contributed by atoms with Gasteiger partial charge in [-0.2, -0.15) is 0 Å². The number of aliphatic carboxylic acids is 1. The average Bonchev–Trinajstić information content (AvgIpc) is 2.69. The van der Waals surface area contributed by atoms with Gasteiger partial charge < -0.3 is 20.9 Å². The van der Waals surface area contributed by atoms with Crippen LogP contribution in [-0.2, 0) is 14.3 Å². The van der Waals surface area contributed by atoms with E-state index in [4.69, 9.17) is 15.6 Å². The Bertz CT molecular complexity index is 446. The summed E-state index contributed by atoms with van der Waals surface area (Å²) in [6.45, 7) is 5.03. The molecule has 0 aromatic heterocycles. The normalized spacial score (nSPS) is 20.1. The second kappa shape index (κ2) is 6.14. The minimum Gasteiger partial charge on any atom is -0.480 e. The largest absolute Gasteiger partial charge is 0.480 e. The summed E-state index contributed by atoms with van der Waals surface area (Å²) in [5, 5.41) is 12.8. The summed E-state index contributed by atoms with van der Waals surface area (Å²) >= 11 is 1.06. The highest BCUT2D eigenvalue weighted by Crippen LogP contribution is 2.32. The van der Waals surface area contributed by atoms with Crippen LogP contribution in [0.4, 0.5) is 4.79 Å². The van der Waals surface area contributed by atoms with Crippen LogP contribution in [0.3, 0.4) is 0 Å². The van der Waals surface area contributed by atoms with Crippen molar-refractivity contribution < 1.29 is 24.2 Å². The standard InChI is InChI=1S/C11H17N3O5S/c1-11(2,3)19-10(18)14-6(7(12)8(16)17)4-20-9(14)13-5-15/h4-5,7,9H,12H2,1-3H3,(H,13,15)(H,16,17). The fraction of sp³-hybridized carbons (Fsp3) is 0.545. The molecule has 0 saturated carbocycles. The highest BCUT2D eigenvalue weighted by Gasteiger charge is 2.39. The summed E-state index contributed by atoms with van der Waals surface area (Å²) in [5.41, 5.74) is 4.06.